The van der Waals surface area contributed by atoms with E-state index in [1.807, 2.05) is 30.3 Å². The molecule has 0 amide bonds. The number of esters is 2. The van der Waals surface area contributed by atoms with Crippen molar-refractivity contribution in [3.63, 3.8) is 0 Å². The van der Waals surface area contributed by atoms with Crippen LogP contribution in [0.15, 0.2) is 77.3 Å². The minimum Gasteiger partial charge on any atom is -0.490 e. The van der Waals surface area contributed by atoms with Crippen LogP contribution in [0.2, 0.25) is 5.02 Å². The highest BCUT2D eigenvalue weighted by atomic mass is 79.9. The molecule has 6 nitrogen and oxygen atoms in total. The summed E-state index contributed by atoms with van der Waals surface area (Å²) in [6.07, 6.45) is -0.860. The molecule has 1 atom stereocenters. The van der Waals surface area contributed by atoms with Gasteiger partial charge in [0.2, 0.25) is 0 Å². The predicted molar refractivity (Wildman–Crippen MR) is 124 cm³/mol. The molecule has 0 heterocycles. The molecule has 32 heavy (non-hydrogen) atoms. The van der Waals surface area contributed by atoms with Crippen LogP contribution in [-0.4, -0.2) is 31.3 Å². The van der Waals surface area contributed by atoms with Crippen molar-refractivity contribution >= 4 is 39.5 Å². The summed E-state index contributed by atoms with van der Waals surface area (Å²) >= 11 is 9.24. The number of carbonyl (C=O) groups excluding carboxylic acids is 2. The van der Waals surface area contributed by atoms with Crippen molar-refractivity contribution in [1.29, 1.82) is 0 Å². The summed E-state index contributed by atoms with van der Waals surface area (Å²) in [4.78, 5) is 24.4. The first-order chi connectivity index (χ1) is 15.4. The normalized spacial score (nSPS) is 11.3. The molecule has 166 valence electrons. The maximum Gasteiger partial charge on any atom is 0.352 e. The number of ether oxygens (including phenoxy) is 4. The number of hydrogen-bond donors (Lipinski definition) is 0. The van der Waals surface area contributed by atoms with Crippen molar-refractivity contribution in [3.8, 4) is 17.2 Å². The highest BCUT2D eigenvalue weighted by Crippen LogP contribution is 2.29. The number of hydrogen-bond acceptors (Lipinski definition) is 6. The molecule has 0 aromatic heterocycles. The molecule has 0 N–H and O–H groups in total. The number of para-hydroxylation sites is 1. The predicted octanol–water partition coefficient (Wildman–Crippen LogP) is 5.71. The van der Waals surface area contributed by atoms with Crippen molar-refractivity contribution in [2.24, 2.45) is 0 Å². The molecular weight excluding hydrogens is 500 g/mol. The van der Waals surface area contributed by atoms with Crippen LogP contribution in [-0.2, 0) is 9.53 Å². The van der Waals surface area contributed by atoms with Gasteiger partial charge in [-0.1, -0.05) is 29.8 Å². The molecule has 0 fully saturated rings. The molecule has 0 spiro atoms. The van der Waals surface area contributed by atoms with Crippen LogP contribution >= 0.6 is 27.5 Å². The Morgan fingerprint density at radius 1 is 0.938 bits per heavy atom. The lowest BCUT2D eigenvalue weighted by molar-refractivity contribution is -0.141. The SMILES string of the molecule is CC(Oc1ccc(Cl)cc1Br)C(=O)Oc1ccc(C(=O)OCCOc2ccccc2)cc1. The third kappa shape index (κ3) is 7.00. The van der Waals surface area contributed by atoms with Crippen LogP contribution in [0.25, 0.3) is 0 Å². The average Bonchev–Trinajstić information content (AvgIpc) is 2.79. The van der Waals surface area contributed by atoms with E-state index in [1.54, 1.807) is 25.1 Å². The second kappa shape index (κ2) is 11.5. The van der Waals surface area contributed by atoms with Gasteiger partial charge < -0.3 is 18.9 Å². The zero-order chi connectivity index (χ0) is 22.9. The number of carbonyl (C=O) groups is 2. The van der Waals surface area contributed by atoms with Gasteiger partial charge in [0, 0.05) is 5.02 Å². The molecule has 0 saturated carbocycles. The third-order valence-corrected chi connectivity index (χ3v) is 5.02. The maximum atomic E-state index is 12.3. The lowest BCUT2D eigenvalue weighted by atomic mass is 10.2. The van der Waals surface area contributed by atoms with Crippen LogP contribution in [0.1, 0.15) is 17.3 Å². The molecular formula is C24H20BrClO6. The standard InChI is InChI=1S/C24H20BrClO6/c1-16(31-22-12-9-18(26)15-21(22)25)23(27)32-20-10-7-17(8-11-20)24(28)30-14-13-29-19-5-3-2-4-6-19/h2-12,15-16H,13-14H2,1H3. The van der Waals surface area contributed by atoms with Gasteiger partial charge in [0.1, 0.15) is 30.5 Å². The second-order valence-corrected chi connectivity index (χ2v) is 7.87. The van der Waals surface area contributed by atoms with Gasteiger partial charge in [-0.15, -0.1) is 0 Å². The Balaban J connectivity index is 1.45. The molecule has 3 aromatic carbocycles. The summed E-state index contributed by atoms with van der Waals surface area (Å²) in [7, 11) is 0. The average molecular weight is 520 g/mol. The van der Waals surface area contributed by atoms with Crippen molar-refractivity contribution in [2.75, 3.05) is 13.2 Å². The summed E-state index contributed by atoms with van der Waals surface area (Å²) in [5.41, 5.74) is 0.332. The Labute approximate surface area is 199 Å². The molecule has 3 rings (SSSR count). The van der Waals surface area contributed by atoms with Crippen molar-refractivity contribution in [1.82, 2.24) is 0 Å². The van der Waals surface area contributed by atoms with E-state index in [4.69, 9.17) is 30.5 Å². The summed E-state index contributed by atoms with van der Waals surface area (Å²) in [5, 5.41) is 0.543. The Morgan fingerprint density at radius 2 is 1.66 bits per heavy atom. The molecule has 0 aliphatic heterocycles. The first-order valence-electron chi connectivity index (χ1n) is 9.71. The fraction of sp³-hybridized carbons (Fsp3) is 0.167. The number of benzene rings is 3. The summed E-state index contributed by atoms with van der Waals surface area (Å²) in [6.45, 7) is 1.93. The van der Waals surface area contributed by atoms with Gasteiger partial charge in [0.25, 0.3) is 0 Å². The van der Waals surface area contributed by atoms with Gasteiger partial charge in [-0.25, -0.2) is 9.59 Å². The largest absolute Gasteiger partial charge is 0.490 e. The topological polar surface area (TPSA) is 71.1 Å². The van der Waals surface area contributed by atoms with Gasteiger partial charge in [-0.2, -0.15) is 0 Å². The molecule has 0 bridgehead atoms. The van der Waals surface area contributed by atoms with E-state index in [2.05, 4.69) is 15.9 Å². The smallest absolute Gasteiger partial charge is 0.352 e. The van der Waals surface area contributed by atoms with E-state index in [0.29, 0.717) is 26.6 Å². The first-order valence-corrected chi connectivity index (χ1v) is 10.9. The Hall–Kier alpha value is -3.03. The molecule has 1 unspecified atom stereocenters. The van der Waals surface area contributed by atoms with E-state index in [9.17, 15) is 9.59 Å². The molecule has 3 aromatic rings. The monoisotopic (exact) mass is 518 g/mol. The molecule has 0 aliphatic carbocycles. The Morgan fingerprint density at radius 3 is 2.34 bits per heavy atom. The number of halogens is 2. The molecule has 0 saturated heterocycles. The fourth-order valence-electron chi connectivity index (χ4n) is 2.56. The zero-order valence-electron chi connectivity index (χ0n) is 17.1. The van der Waals surface area contributed by atoms with Gasteiger partial charge >= 0.3 is 11.9 Å². The van der Waals surface area contributed by atoms with Crippen molar-refractivity contribution < 1.29 is 28.5 Å². The van der Waals surface area contributed by atoms with Crippen LogP contribution < -0.4 is 14.2 Å². The lowest BCUT2D eigenvalue weighted by Crippen LogP contribution is -2.28. The third-order valence-electron chi connectivity index (χ3n) is 4.17. The van der Waals surface area contributed by atoms with Gasteiger partial charge in [-0.3, -0.25) is 0 Å². The molecule has 0 aliphatic rings. The van der Waals surface area contributed by atoms with E-state index >= 15 is 0 Å². The quantitative estimate of drug-likeness (QED) is 0.205. The zero-order valence-corrected chi connectivity index (χ0v) is 19.5. The molecule has 0 radical (unpaired) electrons. The van der Waals surface area contributed by atoms with Crippen LogP contribution in [0.5, 0.6) is 17.2 Å². The van der Waals surface area contributed by atoms with Gasteiger partial charge in [0.05, 0.1) is 10.0 Å². The first kappa shape index (κ1) is 23.6. The van der Waals surface area contributed by atoms with Gasteiger partial charge in [-0.05, 0) is 77.5 Å². The van der Waals surface area contributed by atoms with E-state index in [0.717, 1.165) is 0 Å². The highest BCUT2D eigenvalue weighted by Gasteiger charge is 2.19. The van der Waals surface area contributed by atoms with Crippen molar-refractivity contribution in [2.45, 2.75) is 13.0 Å². The minimum atomic E-state index is -0.860. The van der Waals surface area contributed by atoms with Crippen LogP contribution in [0.3, 0.4) is 0 Å². The van der Waals surface area contributed by atoms with E-state index < -0.39 is 18.0 Å². The van der Waals surface area contributed by atoms with E-state index in [-0.39, 0.29) is 19.0 Å². The second-order valence-electron chi connectivity index (χ2n) is 6.58. The fourth-order valence-corrected chi connectivity index (χ4v) is 3.34. The number of rotatable bonds is 9. The lowest BCUT2D eigenvalue weighted by Gasteiger charge is -2.15. The maximum absolute atomic E-state index is 12.3. The van der Waals surface area contributed by atoms with E-state index in [1.165, 1.54) is 24.3 Å². The highest BCUT2D eigenvalue weighted by molar-refractivity contribution is 9.10. The molecule has 8 heteroatoms. The minimum absolute atomic E-state index is 0.111. The van der Waals surface area contributed by atoms with Crippen molar-refractivity contribution in [3.05, 3.63) is 87.9 Å². The summed E-state index contributed by atoms with van der Waals surface area (Å²) in [6, 6.07) is 20.3. The van der Waals surface area contributed by atoms with Crippen LogP contribution in [0.4, 0.5) is 0 Å². The van der Waals surface area contributed by atoms with Gasteiger partial charge in [0.15, 0.2) is 6.10 Å². The summed E-state index contributed by atoms with van der Waals surface area (Å²) < 4.78 is 22.2. The summed E-state index contributed by atoms with van der Waals surface area (Å²) in [5.74, 6) is 0.373. The Kier molecular flexibility index (Phi) is 8.53. The van der Waals surface area contributed by atoms with Crippen LogP contribution in [0, 0.1) is 0 Å². The Bertz CT molecular complexity index is 1060.